The quantitative estimate of drug-likeness (QED) is 0.843. The van der Waals surface area contributed by atoms with E-state index in [9.17, 15) is 14.3 Å². The van der Waals surface area contributed by atoms with Crippen molar-refractivity contribution in [1.29, 1.82) is 0 Å². The molecule has 0 saturated heterocycles. The number of phenolic OH excluding ortho intramolecular Hbond substituents is 1. The summed E-state index contributed by atoms with van der Waals surface area (Å²) in [5.74, 6) is -1.43. The van der Waals surface area contributed by atoms with E-state index in [0.717, 1.165) is 12.1 Å². The molecule has 0 unspecified atom stereocenters. The molecule has 94 valence electrons. The maximum absolute atomic E-state index is 12.7. The lowest BCUT2D eigenvalue weighted by atomic mass is 10.1. The van der Waals surface area contributed by atoms with Gasteiger partial charge in [0.05, 0.1) is 11.2 Å². The first-order chi connectivity index (χ1) is 7.85. The van der Waals surface area contributed by atoms with Gasteiger partial charge in [0, 0.05) is 19.7 Å². The van der Waals surface area contributed by atoms with Gasteiger partial charge in [-0.25, -0.2) is 4.39 Å². The third-order valence-electron chi connectivity index (χ3n) is 2.43. The minimum absolute atomic E-state index is 0.0401. The topological polar surface area (TPSA) is 58.6 Å². The van der Waals surface area contributed by atoms with Crippen LogP contribution in [0.4, 0.5) is 4.39 Å². The molecule has 1 rings (SSSR count). The van der Waals surface area contributed by atoms with E-state index in [4.69, 9.17) is 4.74 Å². The fraction of sp³-hybridized carbons (Fsp3) is 0.417. The second-order valence-corrected chi connectivity index (χ2v) is 4.31. The zero-order valence-electron chi connectivity index (χ0n) is 10.1. The summed E-state index contributed by atoms with van der Waals surface area (Å²) in [4.78, 5) is 11.7. The van der Waals surface area contributed by atoms with E-state index in [-0.39, 0.29) is 11.3 Å². The molecule has 0 aliphatic carbocycles. The van der Waals surface area contributed by atoms with Gasteiger partial charge < -0.3 is 15.2 Å². The van der Waals surface area contributed by atoms with Crippen molar-refractivity contribution < 1.29 is 19.0 Å². The first-order valence-electron chi connectivity index (χ1n) is 5.17. The summed E-state index contributed by atoms with van der Waals surface area (Å²) >= 11 is 0. The Morgan fingerprint density at radius 1 is 1.53 bits per heavy atom. The van der Waals surface area contributed by atoms with Gasteiger partial charge in [0.15, 0.2) is 0 Å². The molecule has 0 fully saturated rings. The third kappa shape index (κ3) is 3.71. The van der Waals surface area contributed by atoms with Crippen molar-refractivity contribution >= 4 is 5.91 Å². The van der Waals surface area contributed by atoms with Gasteiger partial charge in [-0.2, -0.15) is 0 Å². The van der Waals surface area contributed by atoms with Gasteiger partial charge in [0.25, 0.3) is 5.91 Å². The second kappa shape index (κ2) is 5.14. The van der Waals surface area contributed by atoms with E-state index in [0.29, 0.717) is 6.54 Å². The van der Waals surface area contributed by atoms with Crippen LogP contribution in [-0.4, -0.2) is 30.3 Å². The normalized spacial score (nSPS) is 11.3. The molecule has 0 bridgehead atoms. The summed E-state index contributed by atoms with van der Waals surface area (Å²) < 4.78 is 17.9. The molecule has 1 aromatic rings. The summed E-state index contributed by atoms with van der Waals surface area (Å²) in [6.45, 7) is 3.93. The summed E-state index contributed by atoms with van der Waals surface area (Å²) in [5, 5.41) is 12.0. The van der Waals surface area contributed by atoms with Crippen molar-refractivity contribution in [2.75, 3.05) is 13.7 Å². The van der Waals surface area contributed by atoms with Crippen LogP contribution in [0.1, 0.15) is 24.2 Å². The highest BCUT2D eigenvalue weighted by molar-refractivity contribution is 5.96. The number of phenols is 1. The van der Waals surface area contributed by atoms with Crippen LogP contribution in [0.5, 0.6) is 5.75 Å². The van der Waals surface area contributed by atoms with E-state index in [1.54, 1.807) is 7.11 Å². The number of carbonyl (C=O) groups excluding carboxylic acids is 1. The van der Waals surface area contributed by atoms with Crippen molar-refractivity contribution in [1.82, 2.24) is 5.32 Å². The Balaban J connectivity index is 2.71. The lowest BCUT2D eigenvalue weighted by Gasteiger charge is -2.23. The lowest BCUT2D eigenvalue weighted by Crippen LogP contribution is -2.39. The van der Waals surface area contributed by atoms with Crippen molar-refractivity contribution in [2.45, 2.75) is 19.4 Å². The zero-order valence-corrected chi connectivity index (χ0v) is 10.1. The van der Waals surface area contributed by atoms with E-state index >= 15 is 0 Å². The van der Waals surface area contributed by atoms with Gasteiger partial charge in [0.1, 0.15) is 11.6 Å². The molecule has 5 heteroatoms. The average molecular weight is 241 g/mol. The molecule has 0 aliphatic rings. The van der Waals surface area contributed by atoms with Crippen LogP contribution >= 0.6 is 0 Å². The number of methoxy groups -OCH3 is 1. The number of halogens is 1. The van der Waals surface area contributed by atoms with Gasteiger partial charge >= 0.3 is 0 Å². The first kappa shape index (κ1) is 13.4. The van der Waals surface area contributed by atoms with Crippen molar-refractivity contribution in [2.24, 2.45) is 0 Å². The number of benzene rings is 1. The van der Waals surface area contributed by atoms with Gasteiger partial charge in [-0.05, 0) is 26.0 Å². The van der Waals surface area contributed by atoms with Crippen LogP contribution in [-0.2, 0) is 4.74 Å². The molecular formula is C12H16FNO3. The monoisotopic (exact) mass is 241 g/mol. The standard InChI is InChI=1S/C12H16FNO3/c1-12(2,17-3)7-14-11(16)9-5-4-8(13)6-10(9)15/h4-6,15H,7H2,1-3H3,(H,14,16). The van der Waals surface area contributed by atoms with E-state index < -0.39 is 17.3 Å². The van der Waals surface area contributed by atoms with Crippen molar-refractivity contribution in [3.8, 4) is 5.75 Å². The minimum Gasteiger partial charge on any atom is -0.507 e. The minimum atomic E-state index is -0.587. The number of carbonyl (C=O) groups is 1. The largest absolute Gasteiger partial charge is 0.507 e. The van der Waals surface area contributed by atoms with Gasteiger partial charge in [0.2, 0.25) is 0 Å². The van der Waals surface area contributed by atoms with Crippen LogP contribution < -0.4 is 5.32 Å². The Morgan fingerprint density at radius 3 is 2.71 bits per heavy atom. The Kier molecular flexibility index (Phi) is 4.07. The zero-order chi connectivity index (χ0) is 13.1. The van der Waals surface area contributed by atoms with Crippen molar-refractivity contribution in [3.05, 3.63) is 29.6 Å². The molecule has 2 N–H and O–H groups in total. The first-order valence-corrected chi connectivity index (χ1v) is 5.17. The molecule has 0 radical (unpaired) electrons. The summed E-state index contributed by atoms with van der Waals surface area (Å²) in [5.41, 5.74) is -0.455. The Bertz CT molecular complexity index is 418. The summed E-state index contributed by atoms with van der Waals surface area (Å²) in [6.07, 6.45) is 0. The Hall–Kier alpha value is -1.62. The number of aromatic hydroxyl groups is 1. The lowest BCUT2D eigenvalue weighted by molar-refractivity contribution is 0.0228. The third-order valence-corrected chi connectivity index (χ3v) is 2.43. The fourth-order valence-corrected chi connectivity index (χ4v) is 1.16. The van der Waals surface area contributed by atoms with E-state index in [1.165, 1.54) is 6.07 Å². The van der Waals surface area contributed by atoms with E-state index in [1.807, 2.05) is 13.8 Å². The molecule has 0 spiro atoms. The molecule has 0 atom stereocenters. The molecule has 4 nitrogen and oxygen atoms in total. The molecule has 1 amide bonds. The highest BCUT2D eigenvalue weighted by atomic mass is 19.1. The number of amides is 1. The number of rotatable bonds is 4. The number of hydrogen-bond donors (Lipinski definition) is 2. The maximum atomic E-state index is 12.7. The van der Waals surface area contributed by atoms with Gasteiger partial charge in [-0.3, -0.25) is 4.79 Å². The van der Waals surface area contributed by atoms with Gasteiger partial charge in [-0.15, -0.1) is 0 Å². The molecule has 17 heavy (non-hydrogen) atoms. The molecular weight excluding hydrogens is 225 g/mol. The molecule has 1 aromatic carbocycles. The van der Waals surface area contributed by atoms with Crippen LogP contribution in [0, 0.1) is 5.82 Å². The van der Waals surface area contributed by atoms with Crippen LogP contribution in [0.15, 0.2) is 18.2 Å². The summed E-state index contributed by atoms with van der Waals surface area (Å²) in [7, 11) is 1.54. The fourth-order valence-electron chi connectivity index (χ4n) is 1.16. The second-order valence-electron chi connectivity index (χ2n) is 4.31. The summed E-state index contributed by atoms with van der Waals surface area (Å²) in [6, 6.07) is 3.26. The predicted molar refractivity (Wildman–Crippen MR) is 61.5 cm³/mol. The maximum Gasteiger partial charge on any atom is 0.255 e. The smallest absolute Gasteiger partial charge is 0.255 e. The molecule has 0 heterocycles. The molecule has 0 saturated carbocycles. The number of nitrogens with one attached hydrogen (secondary N) is 1. The van der Waals surface area contributed by atoms with Gasteiger partial charge in [-0.1, -0.05) is 0 Å². The van der Waals surface area contributed by atoms with E-state index in [2.05, 4.69) is 5.32 Å². The Morgan fingerprint density at radius 2 is 2.18 bits per heavy atom. The highest BCUT2D eigenvalue weighted by Gasteiger charge is 2.19. The predicted octanol–water partition coefficient (Wildman–Crippen LogP) is 1.69. The molecule has 0 aliphatic heterocycles. The molecule has 0 aromatic heterocycles. The number of ether oxygens (including phenoxy) is 1. The van der Waals surface area contributed by atoms with Crippen LogP contribution in [0.2, 0.25) is 0 Å². The highest BCUT2D eigenvalue weighted by Crippen LogP contribution is 2.18. The Labute approximate surface area is 99.4 Å². The van der Waals surface area contributed by atoms with Crippen LogP contribution in [0.3, 0.4) is 0 Å². The number of hydrogen-bond acceptors (Lipinski definition) is 3. The average Bonchev–Trinajstić information content (AvgIpc) is 2.26. The van der Waals surface area contributed by atoms with Crippen LogP contribution in [0.25, 0.3) is 0 Å². The van der Waals surface area contributed by atoms with Crippen molar-refractivity contribution in [3.63, 3.8) is 0 Å². The SMILES string of the molecule is COC(C)(C)CNC(=O)c1ccc(F)cc1O.